The summed E-state index contributed by atoms with van der Waals surface area (Å²) in [6.07, 6.45) is 6.25. The molecule has 1 N–H and O–H groups in total. The van der Waals surface area contributed by atoms with Crippen LogP contribution in [0, 0.1) is 0 Å². The van der Waals surface area contributed by atoms with Gasteiger partial charge in [-0.3, -0.25) is 4.79 Å². The van der Waals surface area contributed by atoms with Crippen LogP contribution in [0.4, 0.5) is 11.5 Å². The fourth-order valence-electron chi connectivity index (χ4n) is 3.72. The number of hydrogen-bond acceptors (Lipinski definition) is 6. The summed E-state index contributed by atoms with van der Waals surface area (Å²) in [5.74, 6) is 1.51. The van der Waals surface area contributed by atoms with E-state index in [0.717, 1.165) is 34.6 Å². The molecule has 0 radical (unpaired) electrons. The van der Waals surface area contributed by atoms with Gasteiger partial charge in [-0.05, 0) is 50.3 Å². The van der Waals surface area contributed by atoms with Crippen LogP contribution in [0.2, 0.25) is 0 Å². The fraction of sp³-hybridized carbons (Fsp3) is 0.381. The minimum atomic E-state index is -0.0778. The summed E-state index contributed by atoms with van der Waals surface area (Å²) in [7, 11) is 1.61. The maximum atomic E-state index is 12.7. The predicted octanol–water partition coefficient (Wildman–Crippen LogP) is 4.04. The van der Waals surface area contributed by atoms with Gasteiger partial charge < -0.3 is 15.0 Å². The van der Waals surface area contributed by atoms with Gasteiger partial charge in [-0.2, -0.15) is 0 Å². The van der Waals surface area contributed by atoms with Crippen molar-refractivity contribution in [3.8, 4) is 5.75 Å². The first-order valence-electron chi connectivity index (χ1n) is 9.63. The molecule has 7 heteroatoms. The second kappa shape index (κ2) is 8.14. The van der Waals surface area contributed by atoms with Crippen LogP contribution in [-0.2, 0) is 17.6 Å². The molecule has 1 aliphatic rings. The van der Waals surface area contributed by atoms with E-state index < -0.39 is 0 Å². The lowest BCUT2D eigenvalue weighted by Gasteiger charge is -2.23. The average Bonchev–Trinajstić information content (AvgIpc) is 3.11. The highest BCUT2D eigenvalue weighted by atomic mass is 32.1. The topological polar surface area (TPSA) is 67.4 Å². The number of fused-ring (bicyclic) bond motifs is 3. The molecule has 1 aliphatic carbocycles. The van der Waals surface area contributed by atoms with Gasteiger partial charge in [0, 0.05) is 23.2 Å². The highest BCUT2D eigenvalue weighted by molar-refractivity contribution is 7.19. The van der Waals surface area contributed by atoms with Crippen molar-refractivity contribution in [2.24, 2.45) is 0 Å². The number of carbonyl (C=O) groups is 1. The Kier molecular flexibility index (Phi) is 5.43. The highest BCUT2D eigenvalue weighted by Gasteiger charge is 2.23. The molecule has 2 heterocycles. The number of nitrogens with one attached hydrogen (secondary N) is 1. The third-order valence-corrected chi connectivity index (χ3v) is 6.30. The van der Waals surface area contributed by atoms with Crippen LogP contribution < -0.4 is 15.0 Å². The van der Waals surface area contributed by atoms with Crippen LogP contribution >= 0.6 is 11.3 Å². The second-order valence-electron chi connectivity index (χ2n) is 6.88. The molecule has 0 fully saturated rings. The normalized spacial score (nSPS) is 13.2. The zero-order valence-corrected chi connectivity index (χ0v) is 17.0. The molecule has 0 atom stereocenters. The van der Waals surface area contributed by atoms with Gasteiger partial charge in [0.1, 0.15) is 22.7 Å². The van der Waals surface area contributed by atoms with Crippen LogP contribution in [0.3, 0.4) is 0 Å². The van der Waals surface area contributed by atoms with Gasteiger partial charge in [-0.25, -0.2) is 9.97 Å². The maximum Gasteiger partial charge on any atom is 0.243 e. The molecular formula is C21H24N4O2S. The molecule has 0 aliphatic heterocycles. The Bertz CT molecular complexity index is 1000. The van der Waals surface area contributed by atoms with E-state index in [1.54, 1.807) is 24.8 Å². The Balaban J connectivity index is 1.58. The summed E-state index contributed by atoms with van der Waals surface area (Å²) < 4.78 is 5.22. The first kappa shape index (κ1) is 18.7. The summed E-state index contributed by atoms with van der Waals surface area (Å²) in [5.41, 5.74) is 2.11. The van der Waals surface area contributed by atoms with E-state index >= 15 is 0 Å². The van der Waals surface area contributed by atoms with Crippen molar-refractivity contribution in [3.63, 3.8) is 0 Å². The molecule has 0 bridgehead atoms. The zero-order valence-electron chi connectivity index (χ0n) is 16.2. The molecule has 0 saturated carbocycles. The summed E-state index contributed by atoms with van der Waals surface area (Å²) in [5, 5.41) is 4.09. The van der Waals surface area contributed by atoms with E-state index in [1.165, 1.54) is 23.3 Å². The van der Waals surface area contributed by atoms with E-state index in [2.05, 4.69) is 15.3 Å². The smallest absolute Gasteiger partial charge is 0.243 e. The molecule has 0 unspecified atom stereocenters. The molecule has 0 spiro atoms. The molecule has 1 aromatic carbocycles. The number of thiophene rings is 1. The number of aromatic nitrogens is 2. The van der Waals surface area contributed by atoms with Gasteiger partial charge in [-0.15, -0.1) is 11.3 Å². The van der Waals surface area contributed by atoms with Crippen molar-refractivity contribution < 1.29 is 9.53 Å². The Morgan fingerprint density at radius 2 is 2.14 bits per heavy atom. The molecule has 6 nitrogen and oxygen atoms in total. The Morgan fingerprint density at radius 1 is 1.29 bits per heavy atom. The number of nitrogens with zero attached hydrogens (tertiary/aromatic N) is 3. The van der Waals surface area contributed by atoms with E-state index in [4.69, 9.17) is 4.74 Å². The number of likely N-dealkylation sites (N-methyl/N-ethyl adjacent to an activating group) is 1. The van der Waals surface area contributed by atoms with Crippen LogP contribution in [-0.4, -0.2) is 36.1 Å². The Labute approximate surface area is 168 Å². The van der Waals surface area contributed by atoms with Gasteiger partial charge in [0.25, 0.3) is 0 Å². The lowest BCUT2D eigenvalue weighted by Crippen LogP contribution is -2.34. The van der Waals surface area contributed by atoms with Crippen molar-refractivity contribution in [3.05, 3.63) is 41.0 Å². The third-order valence-electron chi connectivity index (χ3n) is 5.10. The standard InChI is InChI=1S/C21H24N4O2S/c1-3-25(12-18(26)24-14-7-6-8-15(11-14)27-2)20-19-16-9-4-5-10-17(16)28-21(19)23-13-22-20/h6-8,11,13H,3-5,9-10,12H2,1-2H3,(H,24,26). The highest BCUT2D eigenvalue weighted by Crippen LogP contribution is 2.39. The number of aryl methyl sites for hydroxylation is 2. The quantitative estimate of drug-likeness (QED) is 0.681. The van der Waals surface area contributed by atoms with Crippen LogP contribution in [0.25, 0.3) is 10.2 Å². The Morgan fingerprint density at radius 3 is 2.96 bits per heavy atom. The van der Waals surface area contributed by atoms with Gasteiger partial charge in [0.2, 0.25) is 5.91 Å². The SMILES string of the molecule is CCN(CC(=O)Nc1cccc(OC)c1)c1ncnc2sc3c(c12)CCCC3. The molecular weight excluding hydrogens is 372 g/mol. The monoisotopic (exact) mass is 396 g/mol. The number of amides is 1. The van der Waals surface area contributed by atoms with Gasteiger partial charge in [0.05, 0.1) is 19.0 Å². The molecule has 4 rings (SSSR count). The van der Waals surface area contributed by atoms with Crippen molar-refractivity contribution >= 4 is 39.0 Å². The van der Waals surface area contributed by atoms with Crippen LogP contribution in [0.15, 0.2) is 30.6 Å². The first-order chi connectivity index (χ1) is 13.7. The summed E-state index contributed by atoms with van der Waals surface area (Å²) in [6, 6.07) is 7.38. The van der Waals surface area contributed by atoms with Crippen molar-refractivity contribution in [1.29, 1.82) is 0 Å². The van der Waals surface area contributed by atoms with E-state index in [1.807, 2.05) is 36.1 Å². The van der Waals surface area contributed by atoms with Crippen molar-refractivity contribution in [1.82, 2.24) is 9.97 Å². The number of methoxy groups -OCH3 is 1. The number of anilines is 2. The number of ether oxygens (including phenoxy) is 1. The fourth-order valence-corrected chi connectivity index (χ4v) is 4.95. The van der Waals surface area contributed by atoms with Gasteiger partial charge in [0.15, 0.2) is 0 Å². The molecule has 3 aromatic rings. The average molecular weight is 397 g/mol. The molecule has 146 valence electrons. The number of benzene rings is 1. The summed E-state index contributed by atoms with van der Waals surface area (Å²) in [6.45, 7) is 2.98. The number of carbonyl (C=O) groups excluding carboxylic acids is 1. The number of rotatable bonds is 6. The molecule has 28 heavy (non-hydrogen) atoms. The largest absolute Gasteiger partial charge is 0.497 e. The summed E-state index contributed by atoms with van der Waals surface area (Å²) >= 11 is 1.78. The van der Waals surface area contributed by atoms with Crippen molar-refractivity contribution in [2.45, 2.75) is 32.6 Å². The van der Waals surface area contributed by atoms with E-state index in [0.29, 0.717) is 12.3 Å². The van der Waals surface area contributed by atoms with E-state index in [9.17, 15) is 4.79 Å². The Hall–Kier alpha value is -2.67. The summed E-state index contributed by atoms with van der Waals surface area (Å²) in [4.78, 5) is 26.2. The minimum absolute atomic E-state index is 0.0778. The van der Waals surface area contributed by atoms with E-state index in [-0.39, 0.29) is 12.5 Å². The van der Waals surface area contributed by atoms with Crippen LogP contribution in [0.1, 0.15) is 30.2 Å². The maximum absolute atomic E-state index is 12.7. The van der Waals surface area contributed by atoms with Crippen LogP contribution in [0.5, 0.6) is 5.75 Å². The first-order valence-corrected chi connectivity index (χ1v) is 10.5. The molecule has 2 aromatic heterocycles. The zero-order chi connectivity index (χ0) is 19.5. The van der Waals surface area contributed by atoms with Crippen molar-refractivity contribution in [2.75, 3.05) is 30.4 Å². The minimum Gasteiger partial charge on any atom is -0.497 e. The molecule has 0 saturated heterocycles. The number of hydrogen-bond donors (Lipinski definition) is 1. The van der Waals surface area contributed by atoms with Gasteiger partial charge in [-0.1, -0.05) is 6.07 Å². The lowest BCUT2D eigenvalue weighted by atomic mass is 9.97. The van der Waals surface area contributed by atoms with Gasteiger partial charge >= 0.3 is 0 Å². The molecule has 1 amide bonds. The third kappa shape index (κ3) is 3.67. The second-order valence-corrected chi connectivity index (χ2v) is 7.97. The predicted molar refractivity (Wildman–Crippen MR) is 114 cm³/mol. The lowest BCUT2D eigenvalue weighted by molar-refractivity contribution is -0.115.